The SMILES string of the molecule is CC(C)C(C)N(C)C(=O)c1cnccc1Cl. The van der Waals surface area contributed by atoms with Crippen molar-refractivity contribution in [2.24, 2.45) is 5.92 Å². The Morgan fingerprint density at radius 3 is 2.56 bits per heavy atom. The molecule has 4 heteroatoms. The van der Waals surface area contributed by atoms with E-state index >= 15 is 0 Å². The number of pyridine rings is 1. The van der Waals surface area contributed by atoms with E-state index in [-0.39, 0.29) is 11.9 Å². The van der Waals surface area contributed by atoms with Crippen molar-refractivity contribution in [3.8, 4) is 0 Å². The van der Waals surface area contributed by atoms with Crippen LogP contribution in [0.3, 0.4) is 0 Å². The molecule has 1 unspecified atom stereocenters. The minimum Gasteiger partial charge on any atom is -0.339 e. The van der Waals surface area contributed by atoms with Gasteiger partial charge in [0.25, 0.3) is 5.91 Å². The van der Waals surface area contributed by atoms with E-state index in [0.29, 0.717) is 16.5 Å². The predicted octanol–water partition coefficient (Wildman–Crippen LogP) is 2.85. The minimum atomic E-state index is -0.0840. The number of hydrogen-bond acceptors (Lipinski definition) is 2. The lowest BCUT2D eigenvalue weighted by Crippen LogP contribution is -2.38. The number of hydrogen-bond donors (Lipinski definition) is 0. The van der Waals surface area contributed by atoms with Crippen LogP contribution in [0.1, 0.15) is 31.1 Å². The molecule has 0 aromatic carbocycles. The Hall–Kier alpha value is -1.09. The Morgan fingerprint density at radius 2 is 2.06 bits per heavy atom. The predicted molar refractivity (Wildman–Crippen MR) is 65.6 cm³/mol. The molecule has 0 aliphatic rings. The van der Waals surface area contributed by atoms with Crippen LogP contribution in [0.15, 0.2) is 18.5 Å². The van der Waals surface area contributed by atoms with Crippen molar-refractivity contribution >= 4 is 17.5 Å². The summed E-state index contributed by atoms with van der Waals surface area (Å²) < 4.78 is 0. The first-order valence-electron chi connectivity index (χ1n) is 5.31. The second-order valence-electron chi connectivity index (χ2n) is 4.26. The Morgan fingerprint density at radius 1 is 1.44 bits per heavy atom. The van der Waals surface area contributed by atoms with Gasteiger partial charge in [-0.3, -0.25) is 9.78 Å². The van der Waals surface area contributed by atoms with Crippen molar-refractivity contribution in [1.82, 2.24) is 9.88 Å². The number of nitrogens with zero attached hydrogens (tertiary/aromatic N) is 2. The van der Waals surface area contributed by atoms with Gasteiger partial charge in [-0.2, -0.15) is 0 Å². The maximum absolute atomic E-state index is 12.1. The molecule has 1 heterocycles. The zero-order valence-corrected chi connectivity index (χ0v) is 10.8. The van der Waals surface area contributed by atoms with E-state index < -0.39 is 0 Å². The van der Waals surface area contributed by atoms with Gasteiger partial charge in [-0.1, -0.05) is 25.4 Å². The lowest BCUT2D eigenvalue weighted by Gasteiger charge is -2.28. The molecule has 3 nitrogen and oxygen atoms in total. The summed E-state index contributed by atoms with van der Waals surface area (Å²) in [5.74, 6) is 0.323. The van der Waals surface area contributed by atoms with Gasteiger partial charge in [-0.25, -0.2) is 0 Å². The second-order valence-corrected chi connectivity index (χ2v) is 4.66. The molecule has 16 heavy (non-hydrogen) atoms. The quantitative estimate of drug-likeness (QED) is 0.814. The summed E-state index contributed by atoms with van der Waals surface area (Å²) in [7, 11) is 1.79. The van der Waals surface area contributed by atoms with Crippen molar-refractivity contribution in [3.05, 3.63) is 29.0 Å². The van der Waals surface area contributed by atoms with Crippen molar-refractivity contribution in [2.75, 3.05) is 7.05 Å². The summed E-state index contributed by atoms with van der Waals surface area (Å²) in [6.45, 7) is 6.19. The number of carbonyl (C=O) groups excluding carboxylic acids is 1. The molecule has 0 radical (unpaired) electrons. The second kappa shape index (κ2) is 5.30. The number of carbonyl (C=O) groups is 1. The molecule has 0 saturated carbocycles. The van der Waals surface area contributed by atoms with Gasteiger partial charge in [0.2, 0.25) is 0 Å². The summed E-state index contributed by atoms with van der Waals surface area (Å²) in [5.41, 5.74) is 0.458. The average Bonchev–Trinajstić information content (AvgIpc) is 2.26. The molecule has 0 N–H and O–H groups in total. The first-order chi connectivity index (χ1) is 7.45. The third kappa shape index (κ3) is 2.73. The maximum atomic E-state index is 12.1. The lowest BCUT2D eigenvalue weighted by atomic mass is 10.0. The van der Waals surface area contributed by atoms with Crippen LogP contribution in [0.25, 0.3) is 0 Å². The Bertz CT molecular complexity index is 379. The summed E-state index contributed by atoms with van der Waals surface area (Å²) in [5, 5.41) is 0.447. The molecule has 0 spiro atoms. The van der Waals surface area contributed by atoms with E-state index in [1.54, 1.807) is 24.2 Å². The minimum absolute atomic E-state index is 0.0840. The summed E-state index contributed by atoms with van der Waals surface area (Å²) in [6.07, 6.45) is 3.08. The van der Waals surface area contributed by atoms with Crippen LogP contribution >= 0.6 is 11.6 Å². The largest absolute Gasteiger partial charge is 0.339 e. The smallest absolute Gasteiger partial charge is 0.256 e. The molecular formula is C12H17ClN2O. The van der Waals surface area contributed by atoms with Crippen LogP contribution in [0.2, 0.25) is 5.02 Å². The van der Waals surface area contributed by atoms with Crippen LogP contribution in [-0.4, -0.2) is 28.9 Å². The molecule has 1 rings (SSSR count). The van der Waals surface area contributed by atoms with Gasteiger partial charge in [-0.05, 0) is 18.9 Å². The molecular weight excluding hydrogens is 224 g/mol. The number of amides is 1. The molecule has 0 saturated heterocycles. The van der Waals surface area contributed by atoms with Crippen molar-refractivity contribution < 1.29 is 4.79 Å². The van der Waals surface area contributed by atoms with Gasteiger partial charge >= 0.3 is 0 Å². The van der Waals surface area contributed by atoms with Gasteiger partial charge in [-0.15, -0.1) is 0 Å². The van der Waals surface area contributed by atoms with Crippen molar-refractivity contribution in [2.45, 2.75) is 26.8 Å². The Kier molecular flexibility index (Phi) is 4.30. The monoisotopic (exact) mass is 240 g/mol. The zero-order valence-electron chi connectivity index (χ0n) is 10.1. The third-order valence-electron chi connectivity index (χ3n) is 2.89. The third-order valence-corrected chi connectivity index (χ3v) is 3.22. The maximum Gasteiger partial charge on any atom is 0.256 e. The van der Waals surface area contributed by atoms with Gasteiger partial charge in [0.05, 0.1) is 10.6 Å². The standard InChI is InChI=1S/C12H17ClN2O/c1-8(2)9(3)15(4)12(16)10-7-14-6-5-11(10)13/h5-9H,1-4H3. The highest BCUT2D eigenvalue weighted by molar-refractivity contribution is 6.33. The lowest BCUT2D eigenvalue weighted by molar-refractivity contribution is 0.0707. The van der Waals surface area contributed by atoms with Crippen LogP contribution in [0.5, 0.6) is 0 Å². The van der Waals surface area contributed by atoms with Crippen molar-refractivity contribution in [1.29, 1.82) is 0 Å². The molecule has 0 fully saturated rings. The van der Waals surface area contributed by atoms with Crippen LogP contribution in [0, 0.1) is 5.92 Å². The van der Waals surface area contributed by atoms with Crippen LogP contribution in [-0.2, 0) is 0 Å². The highest BCUT2D eigenvalue weighted by Gasteiger charge is 2.21. The molecule has 1 aromatic heterocycles. The fraction of sp³-hybridized carbons (Fsp3) is 0.500. The topological polar surface area (TPSA) is 33.2 Å². The highest BCUT2D eigenvalue weighted by atomic mass is 35.5. The molecule has 0 aliphatic carbocycles. The van der Waals surface area contributed by atoms with E-state index in [1.807, 2.05) is 6.92 Å². The van der Waals surface area contributed by atoms with E-state index in [2.05, 4.69) is 18.8 Å². The summed E-state index contributed by atoms with van der Waals surface area (Å²) in [6, 6.07) is 1.80. The molecule has 88 valence electrons. The summed E-state index contributed by atoms with van der Waals surface area (Å²) in [4.78, 5) is 17.7. The first kappa shape index (κ1) is 13.0. The number of rotatable bonds is 3. The number of aromatic nitrogens is 1. The first-order valence-corrected chi connectivity index (χ1v) is 5.69. The van der Waals surface area contributed by atoms with Gasteiger partial charge in [0.1, 0.15) is 0 Å². The molecule has 0 aliphatic heterocycles. The van der Waals surface area contributed by atoms with Crippen LogP contribution in [0.4, 0.5) is 0 Å². The van der Waals surface area contributed by atoms with Gasteiger partial charge in [0, 0.05) is 25.5 Å². The molecule has 1 aromatic rings. The van der Waals surface area contributed by atoms with E-state index in [4.69, 9.17) is 11.6 Å². The fourth-order valence-electron chi connectivity index (χ4n) is 1.36. The molecule has 1 atom stereocenters. The molecule has 1 amide bonds. The Balaban J connectivity index is 2.91. The molecule has 0 bridgehead atoms. The van der Waals surface area contributed by atoms with E-state index in [1.165, 1.54) is 6.20 Å². The van der Waals surface area contributed by atoms with Crippen LogP contribution < -0.4 is 0 Å². The highest BCUT2D eigenvalue weighted by Crippen LogP contribution is 2.18. The average molecular weight is 241 g/mol. The van der Waals surface area contributed by atoms with Gasteiger partial charge < -0.3 is 4.90 Å². The summed E-state index contributed by atoms with van der Waals surface area (Å²) >= 11 is 5.96. The zero-order chi connectivity index (χ0) is 12.3. The number of halogens is 1. The van der Waals surface area contributed by atoms with Crippen molar-refractivity contribution in [3.63, 3.8) is 0 Å². The van der Waals surface area contributed by atoms with E-state index in [9.17, 15) is 4.79 Å². The van der Waals surface area contributed by atoms with Gasteiger partial charge in [0.15, 0.2) is 0 Å². The van der Waals surface area contributed by atoms with E-state index in [0.717, 1.165) is 0 Å². The Labute approximate surface area is 101 Å². The fourth-order valence-corrected chi connectivity index (χ4v) is 1.54. The normalized spacial score (nSPS) is 12.6.